The molecule has 0 saturated heterocycles. The molecular weight excluding hydrogens is 309 g/mol. The van der Waals surface area contributed by atoms with Gasteiger partial charge in [-0.3, -0.25) is 0 Å². The topological polar surface area (TPSA) is 47.3 Å². The number of nitrogens with zero attached hydrogens (tertiary/aromatic N) is 1. The zero-order chi connectivity index (χ0) is 16.4. The first-order valence-corrected chi connectivity index (χ1v) is 6.59. The minimum Gasteiger partial charge on any atom is -0.497 e. The van der Waals surface area contributed by atoms with Crippen molar-refractivity contribution in [2.24, 2.45) is 0 Å². The number of benzene rings is 2. The fourth-order valence-electron chi connectivity index (χ4n) is 2.00. The third kappa shape index (κ3) is 3.13. The normalized spacial score (nSPS) is 10.6. The fraction of sp³-hybridized carbons (Fsp3) is 0.0625. The van der Waals surface area contributed by atoms with Crippen molar-refractivity contribution in [3.05, 3.63) is 59.9 Å². The van der Waals surface area contributed by atoms with Crippen molar-refractivity contribution >= 4 is 11.6 Å². The lowest BCUT2D eigenvalue weighted by atomic mass is 10.1. The van der Waals surface area contributed by atoms with E-state index in [-0.39, 0.29) is 17.1 Å². The monoisotopic (exact) mass is 320 g/mol. The molecule has 0 aliphatic carbocycles. The largest absolute Gasteiger partial charge is 0.497 e. The molecule has 1 aromatic heterocycles. The number of ether oxygens (including phenoxy) is 1. The van der Waals surface area contributed by atoms with Crippen molar-refractivity contribution in [2.75, 3.05) is 12.4 Å². The standard InChI is InChI=1S/C16H11F3N2O2/c1-22-10-4-2-9(3-5-10)20-16-8-15(21-23-16)11-6-13(18)14(19)7-12(11)17/h2-8,20H,1H3. The van der Waals surface area contributed by atoms with Crippen LogP contribution in [0.1, 0.15) is 0 Å². The summed E-state index contributed by atoms with van der Waals surface area (Å²) in [6.07, 6.45) is 0. The van der Waals surface area contributed by atoms with Crippen molar-refractivity contribution < 1.29 is 22.4 Å². The first-order valence-electron chi connectivity index (χ1n) is 6.59. The van der Waals surface area contributed by atoms with Crippen LogP contribution in [0.4, 0.5) is 24.7 Å². The van der Waals surface area contributed by atoms with Gasteiger partial charge in [0.2, 0.25) is 5.88 Å². The number of halogens is 3. The van der Waals surface area contributed by atoms with Crippen molar-refractivity contribution in [3.8, 4) is 17.0 Å². The van der Waals surface area contributed by atoms with Crippen LogP contribution in [-0.4, -0.2) is 12.3 Å². The van der Waals surface area contributed by atoms with Gasteiger partial charge in [0, 0.05) is 23.4 Å². The van der Waals surface area contributed by atoms with E-state index in [2.05, 4.69) is 10.5 Å². The zero-order valence-corrected chi connectivity index (χ0v) is 11.9. The number of anilines is 2. The number of hydrogen-bond acceptors (Lipinski definition) is 4. The smallest absolute Gasteiger partial charge is 0.229 e. The second-order valence-electron chi connectivity index (χ2n) is 4.68. The summed E-state index contributed by atoms with van der Waals surface area (Å²) in [6, 6.07) is 9.58. The Morgan fingerprint density at radius 3 is 2.35 bits per heavy atom. The Hall–Kier alpha value is -2.96. The molecule has 23 heavy (non-hydrogen) atoms. The highest BCUT2D eigenvalue weighted by atomic mass is 19.2. The van der Waals surface area contributed by atoms with Gasteiger partial charge in [0.15, 0.2) is 11.6 Å². The van der Waals surface area contributed by atoms with Gasteiger partial charge in [-0.15, -0.1) is 0 Å². The highest BCUT2D eigenvalue weighted by Gasteiger charge is 2.15. The summed E-state index contributed by atoms with van der Waals surface area (Å²) in [5.74, 6) is -2.42. The minimum absolute atomic E-state index is 0.0532. The van der Waals surface area contributed by atoms with Crippen LogP contribution < -0.4 is 10.1 Å². The molecule has 1 N–H and O–H groups in total. The average Bonchev–Trinajstić information content (AvgIpc) is 3.00. The van der Waals surface area contributed by atoms with E-state index in [0.29, 0.717) is 17.5 Å². The number of rotatable bonds is 4. The second kappa shape index (κ2) is 6.04. The van der Waals surface area contributed by atoms with Gasteiger partial charge in [0.25, 0.3) is 0 Å². The molecule has 7 heteroatoms. The van der Waals surface area contributed by atoms with Crippen molar-refractivity contribution in [1.82, 2.24) is 5.16 Å². The number of methoxy groups -OCH3 is 1. The lowest BCUT2D eigenvalue weighted by Crippen LogP contribution is -1.91. The van der Waals surface area contributed by atoms with Crippen LogP contribution in [0.15, 0.2) is 47.0 Å². The van der Waals surface area contributed by atoms with E-state index in [9.17, 15) is 13.2 Å². The molecule has 0 atom stereocenters. The van der Waals surface area contributed by atoms with Gasteiger partial charge in [-0.1, -0.05) is 5.16 Å². The Kier molecular flexibility index (Phi) is 3.92. The molecule has 0 aliphatic heterocycles. The Balaban J connectivity index is 1.84. The lowest BCUT2D eigenvalue weighted by molar-refractivity contribution is 0.415. The van der Waals surface area contributed by atoms with Gasteiger partial charge in [0.1, 0.15) is 17.3 Å². The summed E-state index contributed by atoms with van der Waals surface area (Å²) in [5, 5.41) is 6.57. The first kappa shape index (κ1) is 15.0. The van der Waals surface area contributed by atoms with Crippen LogP contribution in [0.5, 0.6) is 5.75 Å². The fourth-order valence-corrected chi connectivity index (χ4v) is 2.00. The predicted octanol–water partition coefficient (Wildman–Crippen LogP) is 4.51. The average molecular weight is 320 g/mol. The van der Waals surface area contributed by atoms with E-state index in [4.69, 9.17) is 9.26 Å². The molecule has 3 aromatic rings. The van der Waals surface area contributed by atoms with E-state index in [1.807, 2.05) is 0 Å². The maximum Gasteiger partial charge on any atom is 0.229 e. The van der Waals surface area contributed by atoms with E-state index < -0.39 is 17.5 Å². The summed E-state index contributed by atoms with van der Waals surface area (Å²) < 4.78 is 50.0. The summed E-state index contributed by atoms with van der Waals surface area (Å²) in [6.45, 7) is 0. The van der Waals surface area contributed by atoms with Gasteiger partial charge in [-0.05, 0) is 30.3 Å². The minimum atomic E-state index is -1.26. The van der Waals surface area contributed by atoms with Gasteiger partial charge < -0.3 is 14.6 Å². The molecule has 0 fully saturated rings. The zero-order valence-electron chi connectivity index (χ0n) is 11.9. The second-order valence-corrected chi connectivity index (χ2v) is 4.68. The number of hydrogen-bond donors (Lipinski definition) is 1. The van der Waals surface area contributed by atoms with Crippen LogP contribution in [0.25, 0.3) is 11.3 Å². The molecule has 0 saturated carbocycles. The number of aromatic nitrogens is 1. The predicted molar refractivity (Wildman–Crippen MR) is 78.1 cm³/mol. The van der Waals surface area contributed by atoms with Gasteiger partial charge >= 0.3 is 0 Å². The maximum absolute atomic E-state index is 13.7. The quantitative estimate of drug-likeness (QED) is 0.719. The molecule has 0 radical (unpaired) electrons. The van der Waals surface area contributed by atoms with Crippen LogP contribution in [-0.2, 0) is 0 Å². The molecular formula is C16H11F3N2O2. The summed E-state index contributed by atoms with van der Waals surface area (Å²) in [4.78, 5) is 0. The first-order chi connectivity index (χ1) is 11.1. The molecule has 0 aliphatic rings. The Labute approximate surface area is 129 Å². The van der Waals surface area contributed by atoms with Gasteiger partial charge in [-0.25, -0.2) is 13.2 Å². The molecule has 1 heterocycles. The van der Waals surface area contributed by atoms with Crippen molar-refractivity contribution in [2.45, 2.75) is 0 Å². The summed E-state index contributed by atoms with van der Waals surface area (Å²) in [5.41, 5.74) is 0.562. The summed E-state index contributed by atoms with van der Waals surface area (Å²) >= 11 is 0. The van der Waals surface area contributed by atoms with Crippen LogP contribution in [0, 0.1) is 17.5 Å². The molecule has 0 amide bonds. The molecule has 2 aromatic carbocycles. The maximum atomic E-state index is 13.7. The third-order valence-electron chi connectivity index (χ3n) is 3.15. The van der Waals surface area contributed by atoms with Crippen LogP contribution in [0.3, 0.4) is 0 Å². The molecule has 0 bridgehead atoms. The Morgan fingerprint density at radius 2 is 1.65 bits per heavy atom. The van der Waals surface area contributed by atoms with E-state index in [1.54, 1.807) is 31.4 Å². The van der Waals surface area contributed by atoms with E-state index in [1.165, 1.54) is 6.07 Å². The molecule has 0 unspecified atom stereocenters. The lowest BCUT2D eigenvalue weighted by Gasteiger charge is -2.03. The van der Waals surface area contributed by atoms with E-state index >= 15 is 0 Å². The van der Waals surface area contributed by atoms with E-state index in [0.717, 1.165) is 6.07 Å². The number of nitrogens with one attached hydrogen (secondary N) is 1. The molecule has 118 valence electrons. The van der Waals surface area contributed by atoms with Crippen LogP contribution >= 0.6 is 0 Å². The Bertz CT molecular complexity index is 832. The third-order valence-corrected chi connectivity index (χ3v) is 3.15. The van der Waals surface area contributed by atoms with Crippen LogP contribution in [0.2, 0.25) is 0 Å². The SMILES string of the molecule is COc1ccc(Nc2cc(-c3cc(F)c(F)cc3F)no2)cc1. The molecule has 0 spiro atoms. The Morgan fingerprint density at radius 1 is 0.957 bits per heavy atom. The summed E-state index contributed by atoms with van der Waals surface area (Å²) in [7, 11) is 1.56. The highest BCUT2D eigenvalue weighted by Crippen LogP contribution is 2.28. The van der Waals surface area contributed by atoms with Crippen molar-refractivity contribution in [3.63, 3.8) is 0 Å². The van der Waals surface area contributed by atoms with Crippen molar-refractivity contribution in [1.29, 1.82) is 0 Å². The van der Waals surface area contributed by atoms with Gasteiger partial charge in [0.05, 0.1) is 7.11 Å². The highest BCUT2D eigenvalue weighted by molar-refractivity contribution is 5.65. The molecule has 4 nitrogen and oxygen atoms in total. The van der Waals surface area contributed by atoms with Gasteiger partial charge in [-0.2, -0.15) is 0 Å². The molecule has 3 rings (SSSR count).